The maximum Gasteiger partial charge on any atom is 0.105 e. The molecule has 2 unspecified atom stereocenters. The van der Waals surface area contributed by atoms with E-state index in [1.54, 1.807) is 6.26 Å². The van der Waals surface area contributed by atoms with E-state index >= 15 is 0 Å². The molecule has 0 aliphatic heterocycles. The highest BCUT2D eigenvalue weighted by Crippen LogP contribution is 1.97. The lowest BCUT2D eigenvalue weighted by molar-refractivity contribution is 0.571. The van der Waals surface area contributed by atoms with Gasteiger partial charge in [-0.2, -0.15) is 0 Å². The van der Waals surface area contributed by atoms with E-state index < -0.39 is 10.8 Å². The smallest absolute Gasteiger partial charge is 0.105 e. The number of aromatic nitrogens is 2. The van der Waals surface area contributed by atoms with Crippen molar-refractivity contribution in [3.63, 3.8) is 0 Å². The number of rotatable bonds is 7. The molecule has 92 valence electrons. The van der Waals surface area contributed by atoms with Gasteiger partial charge in [0.15, 0.2) is 0 Å². The molecule has 0 aliphatic rings. The third kappa shape index (κ3) is 4.45. The van der Waals surface area contributed by atoms with Gasteiger partial charge in [0, 0.05) is 47.8 Å². The number of hydrogen-bond acceptors (Lipinski definition) is 3. The van der Waals surface area contributed by atoms with Crippen LogP contribution in [0.5, 0.6) is 0 Å². The molecule has 0 spiro atoms. The van der Waals surface area contributed by atoms with Gasteiger partial charge in [-0.15, -0.1) is 0 Å². The van der Waals surface area contributed by atoms with Crippen LogP contribution in [0.25, 0.3) is 0 Å². The standard InChI is InChI=1S/C11H21N3OS/c1-10(16(3)15)4-5-12-6-8-14-9-7-13-11(14)2/h7,9-10,12H,4-6,8H2,1-3H3. The van der Waals surface area contributed by atoms with Crippen LogP contribution in [0.15, 0.2) is 12.4 Å². The maximum absolute atomic E-state index is 11.1. The van der Waals surface area contributed by atoms with Crippen molar-refractivity contribution in [3.05, 3.63) is 18.2 Å². The van der Waals surface area contributed by atoms with Gasteiger partial charge in [-0.05, 0) is 19.9 Å². The SMILES string of the molecule is Cc1nccn1CCNCCC(C)S(C)=O. The lowest BCUT2D eigenvalue weighted by Gasteiger charge is -2.10. The molecule has 1 aromatic rings. The number of imidazole rings is 1. The molecule has 0 bridgehead atoms. The highest BCUT2D eigenvalue weighted by molar-refractivity contribution is 7.84. The summed E-state index contributed by atoms with van der Waals surface area (Å²) >= 11 is 0. The van der Waals surface area contributed by atoms with Crippen molar-refractivity contribution in [2.75, 3.05) is 19.3 Å². The zero-order chi connectivity index (χ0) is 12.0. The highest BCUT2D eigenvalue weighted by atomic mass is 32.2. The normalized spacial score (nSPS) is 14.9. The number of aryl methyl sites for hydroxylation is 1. The molecule has 4 nitrogen and oxygen atoms in total. The highest BCUT2D eigenvalue weighted by Gasteiger charge is 2.04. The Labute approximate surface area is 99.9 Å². The van der Waals surface area contributed by atoms with E-state index in [9.17, 15) is 4.21 Å². The van der Waals surface area contributed by atoms with Gasteiger partial charge in [0.25, 0.3) is 0 Å². The molecule has 5 heteroatoms. The Hall–Kier alpha value is -0.680. The average molecular weight is 243 g/mol. The quantitative estimate of drug-likeness (QED) is 0.725. The van der Waals surface area contributed by atoms with Crippen molar-refractivity contribution < 1.29 is 4.21 Å². The van der Waals surface area contributed by atoms with Crippen molar-refractivity contribution in [1.29, 1.82) is 0 Å². The van der Waals surface area contributed by atoms with Crippen LogP contribution in [0.4, 0.5) is 0 Å². The fraction of sp³-hybridized carbons (Fsp3) is 0.727. The summed E-state index contributed by atoms with van der Waals surface area (Å²) in [6.07, 6.45) is 6.53. The molecule has 0 saturated heterocycles. The van der Waals surface area contributed by atoms with E-state index in [2.05, 4.69) is 14.9 Å². The van der Waals surface area contributed by atoms with Crippen LogP contribution in [0.2, 0.25) is 0 Å². The van der Waals surface area contributed by atoms with Gasteiger partial charge < -0.3 is 9.88 Å². The first-order valence-corrected chi connectivity index (χ1v) is 7.24. The fourth-order valence-electron chi connectivity index (χ4n) is 1.44. The first kappa shape index (κ1) is 13.4. The largest absolute Gasteiger partial charge is 0.334 e. The molecule has 1 aromatic heterocycles. The van der Waals surface area contributed by atoms with Crippen molar-refractivity contribution in [3.8, 4) is 0 Å². The fourth-order valence-corrected chi connectivity index (χ4v) is 1.89. The number of nitrogens with zero attached hydrogens (tertiary/aromatic N) is 2. The second-order valence-corrected chi connectivity index (χ2v) is 5.82. The molecule has 2 atom stereocenters. The minimum Gasteiger partial charge on any atom is -0.334 e. The minimum atomic E-state index is -0.704. The molecule has 0 aliphatic carbocycles. The summed E-state index contributed by atoms with van der Waals surface area (Å²) in [4.78, 5) is 4.16. The molecule has 0 amide bonds. The molecule has 0 fully saturated rings. The molecule has 0 saturated carbocycles. The van der Waals surface area contributed by atoms with Crippen molar-refractivity contribution >= 4 is 10.8 Å². The Bertz CT molecular complexity index is 338. The van der Waals surface area contributed by atoms with Crippen LogP contribution in [0.1, 0.15) is 19.2 Å². The van der Waals surface area contributed by atoms with Crippen LogP contribution in [-0.4, -0.2) is 38.4 Å². The lowest BCUT2D eigenvalue weighted by atomic mass is 10.3. The Morgan fingerprint density at radius 1 is 1.56 bits per heavy atom. The van der Waals surface area contributed by atoms with E-state index in [0.717, 1.165) is 31.9 Å². The van der Waals surface area contributed by atoms with Crippen molar-refractivity contribution in [1.82, 2.24) is 14.9 Å². The maximum atomic E-state index is 11.1. The molecule has 1 rings (SSSR count). The van der Waals surface area contributed by atoms with Gasteiger partial charge in [0.2, 0.25) is 0 Å². The summed E-state index contributed by atoms with van der Waals surface area (Å²) in [6, 6.07) is 0. The molecule has 1 heterocycles. The Morgan fingerprint density at radius 2 is 2.31 bits per heavy atom. The van der Waals surface area contributed by atoms with Gasteiger partial charge >= 0.3 is 0 Å². The van der Waals surface area contributed by atoms with E-state index in [0.29, 0.717) is 0 Å². The summed E-state index contributed by atoms with van der Waals surface area (Å²) in [5.41, 5.74) is 0. The first-order chi connectivity index (χ1) is 7.61. The summed E-state index contributed by atoms with van der Waals surface area (Å²) in [5.74, 6) is 1.05. The summed E-state index contributed by atoms with van der Waals surface area (Å²) in [6.45, 7) is 6.82. The van der Waals surface area contributed by atoms with Crippen molar-refractivity contribution in [2.24, 2.45) is 0 Å². The molecule has 0 aromatic carbocycles. The van der Waals surface area contributed by atoms with Crippen LogP contribution >= 0.6 is 0 Å². The van der Waals surface area contributed by atoms with E-state index in [-0.39, 0.29) is 5.25 Å². The predicted molar refractivity (Wildman–Crippen MR) is 68.0 cm³/mol. The Morgan fingerprint density at radius 3 is 2.88 bits per heavy atom. The molecule has 0 radical (unpaired) electrons. The Kier molecular flexibility index (Phi) is 5.69. The lowest BCUT2D eigenvalue weighted by Crippen LogP contribution is -2.24. The molecule has 16 heavy (non-hydrogen) atoms. The zero-order valence-electron chi connectivity index (χ0n) is 10.3. The molecular formula is C11H21N3OS. The number of hydrogen-bond donors (Lipinski definition) is 1. The Balaban J connectivity index is 2.09. The van der Waals surface area contributed by atoms with Gasteiger partial charge in [0.05, 0.1) is 0 Å². The van der Waals surface area contributed by atoms with Gasteiger partial charge in [0.1, 0.15) is 5.82 Å². The molecular weight excluding hydrogens is 222 g/mol. The third-order valence-corrected chi connectivity index (χ3v) is 4.12. The topological polar surface area (TPSA) is 46.9 Å². The monoisotopic (exact) mass is 243 g/mol. The summed E-state index contributed by atoms with van der Waals surface area (Å²) in [7, 11) is -0.704. The average Bonchev–Trinajstić information content (AvgIpc) is 2.63. The first-order valence-electron chi connectivity index (χ1n) is 5.62. The van der Waals surface area contributed by atoms with Crippen molar-refractivity contribution in [2.45, 2.75) is 32.1 Å². The second kappa shape index (κ2) is 6.81. The van der Waals surface area contributed by atoms with Gasteiger partial charge in [-0.3, -0.25) is 4.21 Å². The third-order valence-electron chi connectivity index (χ3n) is 2.75. The van der Waals surface area contributed by atoms with Gasteiger partial charge in [-0.25, -0.2) is 4.98 Å². The zero-order valence-corrected chi connectivity index (χ0v) is 11.1. The van der Waals surface area contributed by atoms with Crippen LogP contribution < -0.4 is 5.32 Å². The predicted octanol–water partition coefficient (Wildman–Crippen LogP) is 0.938. The van der Waals surface area contributed by atoms with Crippen LogP contribution in [0.3, 0.4) is 0 Å². The van der Waals surface area contributed by atoms with E-state index in [4.69, 9.17) is 0 Å². The summed E-state index contributed by atoms with van der Waals surface area (Å²) < 4.78 is 13.2. The van der Waals surface area contributed by atoms with Crippen LogP contribution in [0, 0.1) is 6.92 Å². The van der Waals surface area contributed by atoms with E-state index in [1.807, 2.05) is 26.2 Å². The van der Waals surface area contributed by atoms with E-state index in [1.165, 1.54) is 0 Å². The second-order valence-electron chi connectivity index (χ2n) is 4.02. The minimum absolute atomic E-state index is 0.280. The molecule has 1 N–H and O–H groups in total. The number of nitrogens with one attached hydrogen (secondary N) is 1. The van der Waals surface area contributed by atoms with Gasteiger partial charge in [-0.1, -0.05) is 6.92 Å². The van der Waals surface area contributed by atoms with Crippen LogP contribution in [-0.2, 0) is 17.3 Å². The summed E-state index contributed by atoms with van der Waals surface area (Å²) in [5, 5.41) is 3.63.